The zero-order chi connectivity index (χ0) is 10.4. The SMILES string of the molecule is COc1cccc(C(O)CCCCl)c1. The van der Waals surface area contributed by atoms with Gasteiger partial charge in [0.05, 0.1) is 13.2 Å². The molecule has 1 atom stereocenters. The maximum absolute atomic E-state index is 9.76. The second-order valence-electron chi connectivity index (χ2n) is 3.12. The number of hydrogen-bond donors (Lipinski definition) is 1. The second kappa shape index (κ2) is 5.89. The summed E-state index contributed by atoms with van der Waals surface area (Å²) in [5.74, 6) is 1.36. The Morgan fingerprint density at radius 3 is 2.93 bits per heavy atom. The lowest BCUT2D eigenvalue weighted by Gasteiger charge is -2.10. The van der Waals surface area contributed by atoms with Crippen LogP contribution in [0.1, 0.15) is 24.5 Å². The third-order valence-corrected chi connectivity index (χ3v) is 2.36. The van der Waals surface area contributed by atoms with Gasteiger partial charge in [-0.2, -0.15) is 0 Å². The van der Waals surface area contributed by atoms with Crippen LogP contribution in [0.3, 0.4) is 0 Å². The van der Waals surface area contributed by atoms with Gasteiger partial charge in [-0.3, -0.25) is 0 Å². The van der Waals surface area contributed by atoms with Crippen molar-refractivity contribution in [2.45, 2.75) is 18.9 Å². The maximum Gasteiger partial charge on any atom is 0.119 e. The van der Waals surface area contributed by atoms with Gasteiger partial charge in [-0.15, -0.1) is 11.6 Å². The minimum absolute atomic E-state index is 0.441. The van der Waals surface area contributed by atoms with E-state index in [0.717, 1.165) is 17.7 Å². The molecule has 3 heteroatoms. The van der Waals surface area contributed by atoms with Crippen LogP contribution >= 0.6 is 11.6 Å². The Hall–Kier alpha value is -0.730. The highest BCUT2D eigenvalue weighted by molar-refractivity contribution is 6.17. The van der Waals surface area contributed by atoms with E-state index < -0.39 is 6.10 Å². The molecule has 0 aliphatic carbocycles. The number of rotatable bonds is 5. The molecule has 14 heavy (non-hydrogen) atoms. The summed E-state index contributed by atoms with van der Waals surface area (Å²) < 4.78 is 5.07. The Labute approximate surface area is 89.5 Å². The molecular formula is C11H15ClO2. The van der Waals surface area contributed by atoms with E-state index >= 15 is 0 Å². The van der Waals surface area contributed by atoms with E-state index in [2.05, 4.69) is 0 Å². The summed E-state index contributed by atoms with van der Waals surface area (Å²) in [4.78, 5) is 0. The summed E-state index contributed by atoms with van der Waals surface area (Å²) >= 11 is 5.56. The molecule has 2 nitrogen and oxygen atoms in total. The van der Waals surface area contributed by atoms with E-state index in [1.165, 1.54) is 0 Å². The summed E-state index contributed by atoms with van der Waals surface area (Å²) in [5, 5.41) is 9.76. The lowest BCUT2D eigenvalue weighted by atomic mass is 10.1. The topological polar surface area (TPSA) is 29.5 Å². The van der Waals surface area contributed by atoms with Gasteiger partial charge < -0.3 is 9.84 Å². The molecule has 1 aromatic carbocycles. The number of ether oxygens (including phenoxy) is 1. The van der Waals surface area contributed by atoms with E-state index in [0.29, 0.717) is 12.3 Å². The summed E-state index contributed by atoms with van der Waals surface area (Å²) in [6.07, 6.45) is 1.07. The minimum Gasteiger partial charge on any atom is -0.497 e. The Kier molecular flexibility index (Phi) is 4.77. The van der Waals surface area contributed by atoms with Crippen molar-refractivity contribution in [1.29, 1.82) is 0 Å². The van der Waals surface area contributed by atoms with Crippen molar-refractivity contribution in [2.24, 2.45) is 0 Å². The summed E-state index contributed by atoms with van der Waals surface area (Å²) in [6.45, 7) is 0. The molecule has 0 heterocycles. The van der Waals surface area contributed by atoms with Gasteiger partial charge in [0.2, 0.25) is 0 Å². The fraction of sp³-hybridized carbons (Fsp3) is 0.455. The summed E-state index contributed by atoms with van der Waals surface area (Å²) in [5.41, 5.74) is 0.884. The van der Waals surface area contributed by atoms with Crippen LogP contribution in [0.5, 0.6) is 5.75 Å². The van der Waals surface area contributed by atoms with Crippen molar-refractivity contribution in [1.82, 2.24) is 0 Å². The van der Waals surface area contributed by atoms with Crippen LogP contribution in [0.25, 0.3) is 0 Å². The number of alkyl halides is 1. The lowest BCUT2D eigenvalue weighted by molar-refractivity contribution is 0.166. The Morgan fingerprint density at radius 2 is 2.29 bits per heavy atom. The zero-order valence-electron chi connectivity index (χ0n) is 8.24. The lowest BCUT2D eigenvalue weighted by Crippen LogP contribution is -1.98. The van der Waals surface area contributed by atoms with E-state index in [1.54, 1.807) is 7.11 Å². The van der Waals surface area contributed by atoms with Crippen molar-refractivity contribution in [3.8, 4) is 5.75 Å². The van der Waals surface area contributed by atoms with Gasteiger partial charge in [0.1, 0.15) is 5.75 Å². The first-order valence-electron chi connectivity index (χ1n) is 4.66. The van der Waals surface area contributed by atoms with Crippen molar-refractivity contribution >= 4 is 11.6 Å². The van der Waals surface area contributed by atoms with Crippen LogP contribution in [-0.4, -0.2) is 18.1 Å². The van der Waals surface area contributed by atoms with Crippen LogP contribution in [-0.2, 0) is 0 Å². The van der Waals surface area contributed by atoms with Crippen LogP contribution in [0.4, 0.5) is 0 Å². The van der Waals surface area contributed by atoms with Crippen molar-refractivity contribution in [3.05, 3.63) is 29.8 Å². The quantitative estimate of drug-likeness (QED) is 0.764. The van der Waals surface area contributed by atoms with Crippen molar-refractivity contribution < 1.29 is 9.84 Å². The molecule has 0 fully saturated rings. The number of halogens is 1. The first-order valence-corrected chi connectivity index (χ1v) is 5.19. The third kappa shape index (κ3) is 3.20. The van der Waals surface area contributed by atoms with Gasteiger partial charge in [-0.1, -0.05) is 12.1 Å². The van der Waals surface area contributed by atoms with Gasteiger partial charge in [0.25, 0.3) is 0 Å². The number of aliphatic hydroxyl groups is 1. The van der Waals surface area contributed by atoms with E-state index in [9.17, 15) is 5.11 Å². The first kappa shape index (κ1) is 11.3. The highest BCUT2D eigenvalue weighted by Crippen LogP contribution is 2.22. The van der Waals surface area contributed by atoms with Gasteiger partial charge in [0, 0.05) is 5.88 Å². The molecule has 0 bridgehead atoms. The van der Waals surface area contributed by atoms with Gasteiger partial charge in [-0.25, -0.2) is 0 Å². The van der Waals surface area contributed by atoms with Crippen LogP contribution in [0.15, 0.2) is 24.3 Å². The zero-order valence-corrected chi connectivity index (χ0v) is 9.00. The molecule has 1 aromatic rings. The van der Waals surface area contributed by atoms with Gasteiger partial charge >= 0.3 is 0 Å². The number of hydrogen-bond acceptors (Lipinski definition) is 2. The summed E-state index contributed by atoms with van der Waals surface area (Å²) in [6, 6.07) is 7.47. The van der Waals surface area contributed by atoms with Gasteiger partial charge in [-0.05, 0) is 30.5 Å². The monoisotopic (exact) mass is 214 g/mol. The normalized spacial score (nSPS) is 12.5. The minimum atomic E-state index is -0.441. The number of benzene rings is 1. The number of methoxy groups -OCH3 is 1. The fourth-order valence-electron chi connectivity index (χ4n) is 1.29. The highest BCUT2D eigenvalue weighted by Gasteiger charge is 2.07. The van der Waals surface area contributed by atoms with E-state index in [1.807, 2.05) is 24.3 Å². The Balaban J connectivity index is 2.64. The molecule has 0 spiro atoms. The molecule has 0 amide bonds. The molecule has 78 valence electrons. The van der Waals surface area contributed by atoms with Crippen molar-refractivity contribution in [3.63, 3.8) is 0 Å². The van der Waals surface area contributed by atoms with Crippen LogP contribution in [0, 0.1) is 0 Å². The molecule has 1 rings (SSSR count). The molecule has 0 radical (unpaired) electrons. The smallest absolute Gasteiger partial charge is 0.119 e. The molecule has 0 aliphatic heterocycles. The van der Waals surface area contributed by atoms with E-state index in [-0.39, 0.29) is 0 Å². The molecule has 0 saturated carbocycles. The average molecular weight is 215 g/mol. The number of aliphatic hydroxyl groups excluding tert-OH is 1. The van der Waals surface area contributed by atoms with Crippen molar-refractivity contribution in [2.75, 3.05) is 13.0 Å². The maximum atomic E-state index is 9.76. The van der Waals surface area contributed by atoms with Crippen LogP contribution in [0.2, 0.25) is 0 Å². The molecule has 1 unspecified atom stereocenters. The Morgan fingerprint density at radius 1 is 1.50 bits per heavy atom. The predicted octanol–water partition coefficient (Wildman–Crippen LogP) is 2.75. The molecule has 0 saturated heterocycles. The molecule has 0 aliphatic rings. The average Bonchev–Trinajstić information content (AvgIpc) is 2.26. The third-order valence-electron chi connectivity index (χ3n) is 2.09. The summed E-state index contributed by atoms with van der Waals surface area (Å²) in [7, 11) is 1.62. The molecule has 0 aromatic heterocycles. The fourth-order valence-corrected chi connectivity index (χ4v) is 1.44. The first-order chi connectivity index (χ1) is 6.77. The highest BCUT2D eigenvalue weighted by atomic mass is 35.5. The van der Waals surface area contributed by atoms with E-state index in [4.69, 9.17) is 16.3 Å². The largest absolute Gasteiger partial charge is 0.497 e. The molecular weight excluding hydrogens is 200 g/mol. The standard InChI is InChI=1S/C11H15ClO2/c1-14-10-5-2-4-9(8-10)11(13)6-3-7-12/h2,4-5,8,11,13H,3,6-7H2,1H3. The Bertz CT molecular complexity index is 276. The molecule has 1 N–H and O–H groups in total. The second-order valence-corrected chi connectivity index (χ2v) is 3.50. The van der Waals surface area contributed by atoms with Gasteiger partial charge in [0.15, 0.2) is 0 Å². The predicted molar refractivity (Wildman–Crippen MR) is 57.9 cm³/mol. The van der Waals surface area contributed by atoms with Crippen LogP contribution < -0.4 is 4.74 Å².